The molecule has 1 aliphatic rings. The number of piperazine rings is 1. The zero-order chi connectivity index (χ0) is 15.4. The number of carbonyl (C=O) groups excluding carboxylic acids is 2. The van der Waals surface area contributed by atoms with E-state index in [1.165, 1.54) is 7.11 Å². The van der Waals surface area contributed by atoms with E-state index in [0.717, 1.165) is 5.69 Å². The third-order valence-electron chi connectivity index (χ3n) is 3.37. The van der Waals surface area contributed by atoms with Crippen molar-refractivity contribution in [3.8, 4) is 0 Å². The molecule has 0 radical (unpaired) electrons. The SMILES string of the molecule is COC(=O)CC(=O)N1CCN(c2cc(Cl)cc(Cl)c2)CC1. The summed E-state index contributed by atoms with van der Waals surface area (Å²) in [5.74, 6) is -0.713. The predicted octanol–water partition coefficient (Wildman–Crippen LogP) is 2.21. The minimum Gasteiger partial charge on any atom is -0.469 e. The number of halogens is 2. The van der Waals surface area contributed by atoms with E-state index in [4.69, 9.17) is 23.2 Å². The van der Waals surface area contributed by atoms with Crippen LogP contribution in [0.3, 0.4) is 0 Å². The van der Waals surface area contributed by atoms with E-state index in [-0.39, 0.29) is 12.3 Å². The molecule has 0 unspecified atom stereocenters. The van der Waals surface area contributed by atoms with E-state index in [1.807, 2.05) is 12.1 Å². The molecule has 0 aliphatic carbocycles. The monoisotopic (exact) mass is 330 g/mol. The standard InChI is InChI=1S/C14H16Cl2N2O3/c1-21-14(20)9-13(19)18-4-2-17(3-5-18)12-7-10(15)6-11(16)8-12/h6-8H,2-5,9H2,1H3. The zero-order valence-electron chi connectivity index (χ0n) is 11.6. The van der Waals surface area contributed by atoms with Crippen LogP contribution in [0.4, 0.5) is 5.69 Å². The Morgan fingerprint density at radius 1 is 1.10 bits per heavy atom. The van der Waals surface area contributed by atoms with Crippen LogP contribution in [0.25, 0.3) is 0 Å². The number of amides is 1. The second kappa shape index (κ2) is 7.00. The maximum absolute atomic E-state index is 11.9. The van der Waals surface area contributed by atoms with Gasteiger partial charge in [-0.3, -0.25) is 9.59 Å². The largest absolute Gasteiger partial charge is 0.469 e. The second-order valence-electron chi connectivity index (χ2n) is 4.75. The van der Waals surface area contributed by atoms with Gasteiger partial charge >= 0.3 is 5.97 Å². The average Bonchev–Trinajstić information content (AvgIpc) is 2.46. The molecule has 1 amide bonds. The first-order valence-corrected chi connectivity index (χ1v) is 7.31. The van der Waals surface area contributed by atoms with Crippen LogP contribution >= 0.6 is 23.2 Å². The van der Waals surface area contributed by atoms with Gasteiger partial charge in [0.1, 0.15) is 6.42 Å². The van der Waals surface area contributed by atoms with E-state index in [1.54, 1.807) is 11.0 Å². The first-order chi connectivity index (χ1) is 9.99. The third-order valence-corrected chi connectivity index (χ3v) is 3.80. The summed E-state index contributed by atoms with van der Waals surface area (Å²) in [5, 5.41) is 1.17. The number of rotatable bonds is 3. The highest BCUT2D eigenvalue weighted by atomic mass is 35.5. The Bertz CT molecular complexity index is 523. The van der Waals surface area contributed by atoms with Crippen LogP contribution in [0.2, 0.25) is 10.0 Å². The van der Waals surface area contributed by atoms with Crippen molar-refractivity contribution in [3.63, 3.8) is 0 Å². The molecule has 21 heavy (non-hydrogen) atoms. The van der Waals surface area contributed by atoms with Crippen molar-refractivity contribution in [3.05, 3.63) is 28.2 Å². The normalized spacial score (nSPS) is 15.0. The average molecular weight is 331 g/mol. The highest BCUT2D eigenvalue weighted by molar-refractivity contribution is 6.35. The van der Waals surface area contributed by atoms with Crippen LogP contribution in [0.15, 0.2) is 18.2 Å². The van der Waals surface area contributed by atoms with E-state index in [0.29, 0.717) is 36.2 Å². The maximum atomic E-state index is 11.9. The molecule has 5 nitrogen and oxygen atoms in total. The number of ether oxygens (including phenoxy) is 1. The molecule has 1 aromatic carbocycles. The molecule has 1 saturated heterocycles. The summed E-state index contributed by atoms with van der Waals surface area (Å²) >= 11 is 12.0. The molecule has 7 heteroatoms. The van der Waals surface area contributed by atoms with Crippen molar-refractivity contribution in [2.75, 3.05) is 38.2 Å². The van der Waals surface area contributed by atoms with E-state index >= 15 is 0 Å². The number of methoxy groups -OCH3 is 1. The predicted molar refractivity (Wildman–Crippen MR) is 81.9 cm³/mol. The minimum atomic E-state index is -0.510. The van der Waals surface area contributed by atoms with Gasteiger partial charge < -0.3 is 14.5 Å². The highest BCUT2D eigenvalue weighted by Gasteiger charge is 2.23. The molecular formula is C14H16Cl2N2O3. The van der Waals surface area contributed by atoms with Gasteiger partial charge in [-0.15, -0.1) is 0 Å². The van der Waals surface area contributed by atoms with Crippen molar-refractivity contribution in [1.29, 1.82) is 0 Å². The Hall–Kier alpha value is -1.46. The molecule has 1 aliphatic heterocycles. The molecule has 1 aromatic rings. The van der Waals surface area contributed by atoms with Gasteiger partial charge in [-0.2, -0.15) is 0 Å². The lowest BCUT2D eigenvalue weighted by Crippen LogP contribution is -2.49. The minimum absolute atomic E-state index is 0.203. The molecule has 0 N–H and O–H groups in total. The van der Waals surface area contributed by atoms with Gasteiger partial charge in [0, 0.05) is 41.9 Å². The lowest BCUT2D eigenvalue weighted by atomic mass is 10.2. The number of hydrogen-bond acceptors (Lipinski definition) is 4. The van der Waals surface area contributed by atoms with Crippen molar-refractivity contribution in [1.82, 2.24) is 4.90 Å². The Kier molecular flexibility index (Phi) is 5.31. The Balaban J connectivity index is 1.93. The number of esters is 1. The number of nitrogens with zero attached hydrogens (tertiary/aromatic N) is 2. The fourth-order valence-electron chi connectivity index (χ4n) is 2.24. The lowest BCUT2D eigenvalue weighted by Gasteiger charge is -2.36. The van der Waals surface area contributed by atoms with E-state index in [9.17, 15) is 9.59 Å². The number of carbonyl (C=O) groups is 2. The summed E-state index contributed by atoms with van der Waals surface area (Å²) in [6.45, 7) is 2.45. The van der Waals surface area contributed by atoms with E-state index < -0.39 is 5.97 Å². The molecule has 1 fully saturated rings. The van der Waals surface area contributed by atoms with Gasteiger partial charge in [-0.25, -0.2) is 0 Å². The molecule has 0 aromatic heterocycles. The zero-order valence-corrected chi connectivity index (χ0v) is 13.2. The molecule has 114 valence electrons. The van der Waals surface area contributed by atoms with Gasteiger partial charge in [0.15, 0.2) is 0 Å². The summed E-state index contributed by atoms with van der Waals surface area (Å²) in [5.41, 5.74) is 0.938. The van der Waals surface area contributed by atoms with Crippen molar-refractivity contribution < 1.29 is 14.3 Å². The summed E-state index contributed by atoms with van der Waals surface area (Å²) < 4.78 is 4.50. The topological polar surface area (TPSA) is 49.9 Å². The Morgan fingerprint density at radius 3 is 2.19 bits per heavy atom. The molecule has 0 spiro atoms. The van der Waals surface area contributed by atoms with Crippen LogP contribution in [0.5, 0.6) is 0 Å². The van der Waals surface area contributed by atoms with E-state index in [2.05, 4.69) is 9.64 Å². The second-order valence-corrected chi connectivity index (χ2v) is 5.62. The summed E-state index contributed by atoms with van der Waals surface area (Å²) in [7, 11) is 1.27. The molecule has 0 bridgehead atoms. The van der Waals surface area contributed by atoms with Crippen molar-refractivity contribution >= 4 is 40.8 Å². The fraction of sp³-hybridized carbons (Fsp3) is 0.429. The van der Waals surface area contributed by atoms with Crippen LogP contribution in [-0.2, 0) is 14.3 Å². The van der Waals surface area contributed by atoms with Crippen LogP contribution in [-0.4, -0.2) is 50.1 Å². The Labute approximate surface area is 133 Å². The number of anilines is 1. The number of benzene rings is 1. The molecule has 0 atom stereocenters. The third kappa shape index (κ3) is 4.25. The van der Waals surface area contributed by atoms with Gasteiger partial charge in [0.2, 0.25) is 5.91 Å². The Morgan fingerprint density at radius 2 is 1.67 bits per heavy atom. The summed E-state index contributed by atoms with van der Waals surface area (Å²) in [6.07, 6.45) is -0.209. The number of hydrogen-bond donors (Lipinski definition) is 0. The molecular weight excluding hydrogens is 315 g/mol. The summed E-state index contributed by atoms with van der Waals surface area (Å²) in [4.78, 5) is 26.8. The first-order valence-electron chi connectivity index (χ1n) is 6.55. The van der Waals surface area contributed by atoms with Crippen molar-refractivity contribution in [2.24, 2.45) is 0 Å². The highest BCUT2D eigenvalue weighted by Crippen LogP contribution is 2.26. The first kappa shape index (κ1) is 15.9. The lowest BCUT2D eigenvalue weighted by molar-refractivity contribution is -0.146. The molecule has 0 saturated carbocycles. The smallest absolute Gasteiger partial charge is 0.315 e. The van der Waals surface area contributed by atoms with Gasteiger partial charge in [-0.05, 0) is 18.2 Å². The maximum Gasteiger partial charge on any atom is 0.315 e. The summed E-state index contributed by atoms with van der Waals surface area (Å²) in [6, 6.07) is 5.38. The molecule has 1 heterocycles. The van der Waals surface area contributed by atoms with Gasteiger partial charge in [0.25, 0.3) is 0 Å². The van der Waals surface area contributed by atoms with Gasteiger partial charge in [0.05, 0.1) is 7.11 Å². The van der Waals surface area contributed by atoms with Crippen molar-refractivity contribution in [2.45, 2.75) is 6.42 Å². The molecule has 2 rings (SSSR count). The fourth-order valence-corrected chi connectivity index (χ4v) is 2.76. The van der Waals surface area contributed by atoms with Crippen LogP contribution < -0.4 is 4.90 Å². The van der Waals surface area contributed by atoms with Crippen LogP contribution in [0.1, 0.15) is 6.42 Å². The quantitative estimate of drug-likeness (QED) is 0.629. The van der Waals surface area contributed by atoms with Gasteiger partial charge in [-0.1, -0.05) is 23.2 Å². The van der Waals surface area contributed by atoms with Crippen LogP contribution in [0, 0.1) is 0 Å².